The molecule has 0 atom stereocenters. The van der Waals surface area contributed by atoms with Crippen molar-refractivity contribution in [1.29, 1.82) is 0 Å². The van der Waals surface area contributed by atoms with Crippen molar-refractivity contribution in [2.45, 2.75) is 39.3 Å². The molecule has 0 radical (unpaired) electrons. The minimum Gasteiger partial charge on any atom is -0.361 e. The third-order valence-corrected chi connectivity index (χ3v) is 2.94. The maximum atomic E-state index is 5.10. The molecule has 1 fully saturated rings. The Balaban J connectivity index is 1.98. The Morgan fingerprint density at radius 2 is 2.38 bits per heavy atom. The smallest absolute Gasteiger partial charge is 0.133 e. The van der Waals surface area contributed by atoms with Crippen LogP contribution in [-0.4, -0.2) is 35.2 Å². The van der Waals surface area contributed by atoms with Gasteiger partial charge < -0.3 is 9.84 Å². The van der Waals surface area contributed by atoms with Crippen molar-refractivity contribution >= 4 is 0 Å². The van der Waals surface area contributed by atoms with Gasteiger partial charge >= 0.3 is 0 Å². The Labute approximate surface area is 97.0 Å². The van der Waals surface area contributed by atoms with Crippen LogP contribution in [0.25, 0.3) is 0 Å². The molecule has 1 aliphatic rings. The summed E-state index contributed by atoms with van der Waals surface area (Å²) in [5.74, 6) is 0.891. The first-order valence-corrected chi connectivity index (χ1v) is 5.95. The molecule has 16 heavy (non-hydrogen) atoms. The van der Waals surface area contributed by atoms with Crippen LogP contribution in [0.15, 0.2) is 10.6 Å². The highest BCUT2D eigenvalue weighted by molar-refractivity contribution is 5.03. The molecular formula is C12H21N3O. The lowest BCUT2D eigenvalue weighted by Gasteiger charge is -2.29. The molecule has 4 heteroatoms. The summed E-state index contributed by atoms with van der Waals surface area (Å²) in [6.45, 7) is 10.6. The number of nitrogens with zero attached hydrogens (tertiary/aromatic N) is 2. The zero-order valence-electron chi connectivity index (χ0n) is 10.4. The van der Waals surface area contributed by atoms with E-state index in [2.05, 4.69) is 29.2 Å². The molecule has 1 N–H and O–H groups in total. The number of aryl methyl sites for hydroxylation is 1. The molecule has 1 aromatic heterocycles. The van der Waals surface area contributed by atoms with Crippen molar-refractivity contribution in [3.8, 4) is 0 Å². The summed E-state index contributed by atoms with van der Waals surface area (Å²) in [6, 6.07) is 2.02. The minimum atomic E-state index is 0.190. The van der Waals surface area contributed by atoms with Crippen molar-refractivity contribution in [1.82, 2.24) is 15.4 Å². The normalized spacial score (nSPS) is 21.9. The first-order chi connectivity index (χ1) is 7.55. The molecule has 0 spiro atoms. The van der Waals surface area contributed by atoms with Crippen molar-refractivity contribution in [3.05, 3.63) is 17.5 Å². The number of hydrogen-bond donors (Lipinski definition) is 1. The molecule has 0 aliphatic carbocycles. The Hall–Kier alpha value is -0.870. The summed E-state index contributed by atoms with van der Waals surface area (Å²) in [4.78, 5) is 2.44. The van der Waals surface area contributed by atoms with Crippen molar-refractivity contribution in [2.75, 3.05) is 19.6 Å². The van der Waals surface area contributed by atoms with E-state index in [0.717, 1.165) is 37.6 Å². The lowest BCUT2D eigenvalue weighted by atomic mass is 10.1. The topological polar surface area (TPSA) is 41.3 Å². The van der Waals surface area contributed by atoms with E-state index in [4.69, 9.17) is 4.52 Å². The quantitative estimate of drug-likeness (QED) is 0.826. The third kappa shape index (κ3) is 3.06. The van der Waals surface area contributed by atoms with E-state index in [0.29, 0.717) is 0 Å². The second kappa shape index (κ2) is 4.55. The number of rotatable bonds is 2. The predicted octanol–water partition coefficient (Wildman–Crippen LogP) is 1.56. The predicted molar refractivity (Wildman–Crippen MR) is 63.2 cm³/mol. The summed E-state index contributed by atoms with van der Waals surface area (Å²) >= 11 is 0. The second-order valence-electron chi connectivity index (χ2n) is 5.30. The maximum Gasteiger partial charge on any atom is 0.133 e. The molecule has 0 unspecified atom stereocenters. The van der Waals surface area contributed by atoms with Gasteiger partial charge in [-0.3, -0.25) is 4.90 Å². The van der Waals surface area contributed by atoms with Gasteiger partial charge in [-0.1, -0.05) is 5.16 Å². The van der Waals surface area contributed by atoms with E-state index >= 15 is 0 Å². The van der Waals surface area contributed by atoms with Gasteiger partial charge in [0.15, 0.2) is 0 Å². The van der Waals surface area contributed by atoms with Gasteiger partial charge in [-0.2, -0.15) is 0 Å². The van der Waals surface area contributed by atoms with Crippen LogP contribution in [0, 0.1) is 6.92 Å². The summed E-state index contributed by atoms with van der Waals surface area (Å²) in [7, 11) is 0. The number of aromatic nitrogens is 1. The third-order valence-electron chi connectivity index (χ3n) is 2.94. The molecule has 1 aromatic rings. The van der Waals surface area contributed by atoms with Gasteiger partial charge in [0.05, 0.1) is 5.69 Å². The van der Waals surface area contributed by atoms with Gasteiger partial charge in [0.2, 0.25) is 0 Å². The second-order valence-corrected chi connectivity index (χ2v) is 5.30. The van der Waals surface area contributed by atoms with Gasteiger partial charge in [0.1, 0.15) is 5.76 Å². The molecule has 2 heterocycles. The van der Waals surface area contributed by atoms with E-state index < -0.39 is 0 Å². The maximum absolute atomic E-state index is 5.10. The molecule has 1 aliphatic heterocycles. The monoisotopic (exact) mass is 223 g/mol. The van der Waals surface area contributed by atoms with E-state index in [-0.39, 0.29) is 5.54 Å². The van der Waals surface area contributed by atoms with Gasteiger partial charge in [-0.25, -0.2) is 0 Å². The van der Waals surface area contributed by atoms with Crippen LogP contribution in [0.5, 0.6) is 0 Å². The zero-order chi connectivity index (χ0) is 11.6. The van der Waals surface area contributed by atoms with Crippen molar-refractivity contribution in [3.63, 3.8) is 0 Å². The van der Waals surface area contributed by atoms with E-state index in [9.17, 15) is 0 Å². The average Bonchev–Trinajstić information content (AvgIpc) is 2.49. The first-order valence-electron chi connectivity index (χ1n) is 5.95. The van der Waals surface area contributed by atoms with Gasteiger partial charge in [-0.05, 0) is 40.3 Å². The standard InChI is InChI=1S/C12H21N3O/c1-10-7-11(14-16-10)8-15-6-4-5-13-12(2,3)9-15/h7,13H,4-6,8-9H2,1-3H3. The van der Waals surface area contributed by atoms with Crippen LogP contribution in [0.1, 0.15) is 31.7 Å². The van der Waals surface area contributed by atoms with Crippen LogP contribution in [0.2, 0.25) is 0 Å². The summed E-state index contributed by atoms with van der Waals surface area (Å²) in [5, 5.41) is 7.61. The highest BCUT2D eigenvalue weighted by Crippen LogP contribution is 2.13. The summed E-state index contributed by atoms with van der Waals surface area (Å²) in [6.07, 6.45) is 1.19. The van der Waals surface area contributed by atoms with Crippen LogP contribution in [-0.2, 0) is 6.54 Å². The fraction of sp³-hybridized carbons (Fsp3) is 0.750. The lowest BCUT2D eigenvalue weighted by Crippen LogP contribution is -2.46. The Morgan fingerprint density at radius 3 is 3.06 bits per heavy atom. The van der Waals surface area contributed by atoms with Gasteiger partial charge in [-0.15, -0.1) is 0 Å². The SMILES string of the molecule is Cc1cc(CN2CCCNC(C)(C)C2)no1. The van der Waals surface area contributed by atoms with Gasteiger partial charge in [0, 0.05) is 24.7 Å². The average molecular weight is 223 g/mol. The van der Waals surface area contributed by atoms with E-state index in [1.807, 2.05) is 13.0 Å². The molecular weight excluding hydrogens is 202 g/mol. The van der Waals surface area contributed by atoms with Crippen LogP contribution < -0.4 is 5.32 Å². The highest BCUT2D eigenvalue weighted by atomic mass is 16.5. The fourth-order valence-electron chi connectivity index (χ4n) is 2.28. The van der Waals surface area contributed by atoms with E-state index in [1.54, 1.807) is 0 Å². The Kier molecular flexibility index (Phi) is 3.30. The molecule has 1 saturated heterocycles. The summed E-state index contributed by atoms with van der Waals surface area (Å²) < 4.78 is 5.10. The molecule has 2 rings (SSSR count). The summed E-state index contributed by atoms with van der Waals surface area (Å²) in [5.41, 5.74) is 1.23. The molecule has 0 aromatic carbocycles. The lowest BCUT2D eigenvalue weighted by molar-refractivity contribution is 0.218. The Morgan fingerprint density at radius 1 is 1.56 bits per heavy atom. The molecule has 0 amide bonds. The Bertz CT molecular complexity index is 346. The van der Waals surface area contributed by atoms with Crippen LogP contribution >= 0.6 is 0 Å². The first kappa shape index (κ1) is 11.6. The van der Waals surface area contributed by atoms with Crippen molar-refractivity contribution < 1.29 is 4.52 Å². The number of hydrogen-bond acceptors (Lipinski definition) is 4. The minimum absolute atomic E-state index is 0.190. The molecule has 0 saturated carbocycles. The van der Waals surface area contributed by atoms with E-state index in [1.165, 1.54) is 6.42 Å². The number of nitrogens with one attached hydrogen (secondary N) is 1. The van der Waals surface area contributed by atoms with Crippen LogP contribution in [0.3, 0.4) is 0 Å². The molecule has 90 valence electrons. The zero-order valence-corrected chi connectivity index (χ0v) is 10.4. The largest absolute Gasteiger partial charge is 0.361 e. The fourth-order valence-corrected chi connectivity index (χ4v) is 2.28. The highest BCUT2D eigenvalue weighted by Gasteiger charge is 2.24. The van der Waals surface area contributed by atoms with Crippen molar-refractivity contribution in [2.24, 2.45) is 0 Å². The van der Waals surface area contributed by atoms with Crippen LogP contribution in [0.4, 0.5) is 0 Å². The molecule has 0 bridgehead atoms. The van der Waals surface area contributed by atoms with Gasteiger partial charge in [0.25, 0.3) is 0 Å². The molecule has 4 nitrogen and oxygen atoms in total.